The van der Waals surface area contributed by atoms with Crippen molar-refractivity contribution in [2.24, 2.45) is 22.2 Å². The van der Waals surface area contributed by atoms with Crippen LogP contribution in [0.15, 0.2) is 11.6 Å². The molecule has 0 aliphatic heterocycles. The molecular weight excluding hydrogens is 304 g/mol. The summed E-state index contributed by atoms with van der Waals surface area (Å²) in [5.41, 5.74) is -0.731. The molecular formula is C20H34O4. The lowest BCUT2D eigenvalue weighted by molar-refractivity contribution is -0.195. The van der Waals surface area contributed by atoms with E-state index in [1.165, 1.54) is 0 Å². The highest BCUT2D eigenvalue weighted by molar-refractivity contribution is 5.33. The number of hydrogen-bond donors (Lipinski definition) is 4. The molecule has 3 aliphatic carbocycles. The van der Waals surface area contributed by atoms with Gasteiger partial charge in [0.1, 0.15) is 0 Å². The molecule has 0 amide bonds. The Kier molecular flexibility index (Phi) is 4.24. The fourth-order valence-corrected chi connectivity index (χ4v) is 6.12. The fourth-order valence-electron chi connectivity index (χ4n) is 6.12. The van der Waals surface area contributed by atoms with Gasteiger partial charge in [-0.2, -0.15) is 0 Å². The van der Waals surface area contributed by atoms with Crippen LogP contribution < -0.4 is 0 Å². The van der Waals surface area contributed by atoms with Gasteiger partial charge < -0.3 is 20.4 Å². The van der Waals surface area contributed by atoms with Gasteiger partial charge in [0.25, 0.3) is 0 Å². The lowest BCUT2D eigenvalue weighted by Gasteiger charge is -2.64. The highest BCUT2D eigenvalue weighted by atomic mass is 16.3. The third kappa shape index (κ3) is 2.26. The van der Waals surface area contributed by atoms with Crippen LogP contribution in [0.2, 0.25) is 0 Å². The average molecular weight is 338 g/mol. The molecule has 0 aromatic heterocycles. The summed E-state index contributed by atoms with van der Waals surface area (Å²) in [5.74, 6) is 0.281. The first-order valence-electron chi connectivity index (χ1n) is 9.43. The van der Waals surface area contributed by atoms with E-state index in [9.17, 15) is 20.4 Å². The van der Waals surface area contributed by atoms with Crippen molar-refractivity contribution in [3.05, 3.63) is 11.6 Å². The summed E-state index contributed by atoms with van der Waals surface area (Å²) in [6.45, 7) is 8.20. The van der Waals surface area contributed by atoms with Crippen molar-refractivity contribution in [1.82, 2.24) is 0 Å². The highest BCUT2D eigenvalue weighted by Crippen LogP contribution is 2.65. The molecule has 0 radical (unpaired) electrons. The first kappa shape index (κ1) is 18.4. The normalized spacial score (nSPS) is 48.9. The average Bonchev–Trinajstić information content (AvgIpc) is 2.52. The Bertz CT molecular complexity index is 542. The van der Waals surface area contributed by atoms with E-state index < -0.39 is 17.1 Å². The second-order valence-corrected chi connectivity index (χ2v) is 9.62. The summed E-state index contributed by atoms with van der Waals surface area (Å²) >= 11 is 0. The maximum atomic E-state index is 11.8. The second kappa shape index (κ2) is 5.54. The van der Waals surface area contributed by atoms with Gasteiger partial charge in [0.05, 0.1) is 24.4 Å². The Hall–Kier alpha value is -0.420. The predicted molar refractivity (Wildman–Crippen MR) is 93.3 cm³/mol. The van der Waals surface area contributed by atoms with Crippen molar-refractivity contribution in [3.63, 3.8) is 0 Å². The van der Waals surface area contributed by atoms with E-state index in [-0.39, 0.29) is 29.5 Å². The molecule has 4 nitrogen and oxygen atoms in total. The fraction of sp³-hybridized carbons (Fsp3) is 0.900. The molecule has 0 aromatic rings. The molecule has 3 aliphatic rings. The zero-order valence-corrected chi connectivity index (χ0v) is 15.5. The maximum Gasteiger partial charge on any atom is 0.0913 e. The van der Waals surface area contributed by atoms with Crippen LogP contribution in [0, 0.1) is 22.2 Å². The van der Waals surface area contributed by atoms with Crippen LogP contribution in [0.1, 0.15) is 66.2 Å². The summed E-state index contributed by atoms with van der Waals surface area (Å²) in [7, 11) is 0. The van der Waals surface area contributed by atoms with Gasteiger partial charge in [-0.05, 0) is 55.4 Å². The van der Waals surface area contributed by atoms with E-state index in [1.54, 1.807) is 0 Å². The molecule has 138 valence electrons. The van der Waals surface area contributed by atoms with Gasteiger partial charge in [-0.15, -0.1) is 0 Å². The molecule has 4 N–H and O–H groups in total. The van der Waals surface area contributed by atoms with Crippen LogP contribution in [-0.4, -0.2) is 44.8 Å². The molecule has 0 saturated heterocycles. The van der Waals surface area contributed by atoms with E-state index in [4.69, 9.17) is 0 Å². The van der Waals surface area contributed by atoms with Gasteiger partial charge in [0, 0.05) is 10.8 Å². The minimum atomic E-state index is -0.859. The van der Waals surface area contributed by atoms with Gasteiger partial charge in [-0.3, -0.25) is 0 Å². The van der Waals surface area contributed by atoms with Crippen LogP contribution in [0.4, 0.5) is 0 Å². The minimum Gasteiger partial charge on any atom is -0.394 e. The van der Waals surface area contributed by atoms with Crippen molar-refractivity contribution >= 4 is 0 Å². The van der Waals surface area contributed by atoms with Crippen LogP contribution in [0.25, 0.3) is 0 Å². The minimum absolute atomic E-state index is 0.195. The van der Waals surface area contributed by atoms with E-state index in [0.29, 0.717) is 12.8 Å². The molecule has 6 atom stereocenters. The standard InChI is InChI=1S/C20H34O4/c1-17(2)14-6-5-13-11-18(3,16(23)12-21)9-10-20(13,24)19(14,4)8-7-15(17)22/h11,14-16,21-24H,5-10,12H2,1-4H3/t14-,15?,16?,18-,19+,20-/m0/s1. The third-order valence-corrected chi connectivity index (χ3v) is 8.11. The molecule has 3 rings (SSSR count). The Balaban J connectivity index is 2.02. The SMILES string of the molecule is CC1(C)C(O)CC[C@]2(C)[C@H]1CCC1=C[C@@](C)(C(O)CO)CC[C@]12O. The van der Waals surface area contributed by atoms with Crippen LogP contribution in [-0.2, 0) is 0 Å². The van der Waals surface area contributed by atoms with Crippen molar-refractivity contribution < 1.29 is 20.4 Å². The smallest absolute Gasteiger partial charge is 0.0913 e. The molecule has 24 heavy (non-hydrogen) atoms. The summed E-state index contributed by atoms with van der Waals surface area (Å²) < 4.78 is 0. The van der Waals surface area contributed by atoms with Gasteiger partial charge in [0.2, 0.25) is 0 Å². The number of aliphatic hydroxyl groups is 4. The Morgan fingerprint density at radius 3 is 2.42 bits per heavy atom. The maximum absolute atomic E-state index is 11.8. The van der Waals surface area contributed by atoms with Crippen LogP contribution in [0.5, 0.6) is 0 Å². The predicted octanol–water partition coefficient (Wildman–Crippen LogP) is 2.39. The number of fused-ring (bicyclic) bond motifs is 3. The van der Waals surface area contributed by atoms with Gasteiger partial charge in [0.15, 0.2) is 0 Å². The Morgan fingerprint density at radius 1 is 1.12 bits per heavy atom. The first-order chi connectivity index (χ1) is 11.0. The van der Waals surface area contributed by atoms with E-state index in [2.05, 4.69) is 26.8 Å². The number of aliphatic hydroxyl groups excluding tert-OH is 3. The van der Waals surface area contributed by atoms with Crippen LogP contribution >= 0.6 is 0 Å². The zero-order chi connectivity index (χ0) is 18.0. The topological polar surface area (TPSA) is 80.9 Å². The summed E-state index contributed by atoms with van der Waals surface area (Å²) in [6, 6.07) is 0. The van der Waals surface area contributed by atoms with Crippen LogP contribution in [0.3, 0.4) is 0 Å². The number of hydrogen-bond acceptors (Lipinski definition) is 4. The lowest BCUT2D eigenvalue weighted by atomic mass is 9.43. The summed E-state index contributed by atoms with van der Waals surface area (Å²) in [5, 5.41) is 41.9. The molecule has 2 unspecified atom stereocenters. The molecule has 0 aromatic carbocycles. The quantitative estimate of drug-likeness (QED) is 0.583. The molecule has 2 saturated carbocycles. The molecule has 0 spiro atoms. The van der Waals surface area contributed by atoms with Crippen molar-refractivity contribution in [3.8, 4) is 0 Å². The molecule has 0 heterocycles. The van der Waals surface area contributed by atoms with E-state index in [0.717, 1.165) is 31.3 Å². The van der Waals surface area contributed by atoms with Gasteiger partial charge in [-0.1, -0.05) is 33.8 Å². The summed E-state index contributed by atoms with van der Waals surface area (Å²) in [6.07, 6.45) is 5.56. The van der Waals surface area contributed by atoms with Crippen molar-refractivity contribution in [1.29, 1.82) is 0 Å². The first-order valence-corrected chi connectivity index (χ1v) is 9.43. The van der Waals surface area contributed by atoms with Crippen molar-refractivity contribution in [2.75, 3.05) is 6.61 Å². The van der Waals surface area contributed by atoms with Gasteiger partial charge in [-0.25, -0.2) is 0 Å². The van der Waals surface area contributed by atoms with E-state index in [1.807, 2.05) is 6.92 Å². The molecule has 2 fully saturated rings. The molecule has 4 heteroatoms. The van der Waals surface area contributed by atoms with Gasteiger partial charge >= 0.3 is 0 Å². The summed E-state index contributed by atoms with van der Waals surface area (Å²) in [4.78, 5) is 0. The van der Waals surface area contributed by atoms with Crippen molar-refractivity contribution in [2.45, 2.75) is 84.0 Å². The van der Waals surface area contributed by atoms with E-state index >= 15 is 0 Å². The highest BCUT2D eigenvalue weighted by Gasteiger charge is 2.63. The monoisotopic (exact) mass is 338 g/mol. The zero-order valence-electron chi connectivity index (χ0n) is 15.5. The lowest BCUT2D eigenvalue weighted by Crippen LogP contribution is -2.64. The molecule has 0 bridgehead atoms. The second-order valence-electron chi connectivity index (χ2n) is 9.62. The Morgan fingerprint density at radius 2 is 1.79 bits per heavy atom. The number of rotatable bonds is 2. The third-order valence-electron chi connectivity index (χ3n) is 8.11. The largest absolute Gasteiger partial charge is 0.394 e. The Labute approximate surface area is 145 Å².